The van der Waals surface area contributed by atoms with Crippen LogP contribution >= 0.6 is 0 Å². The van der Waals surface area contributed by atoms with Gasteiger partial charge in [-0.05, 0) is 30.9 Å². The molecule has 1 fully saturated rings. The van der Waals surface area contributed by atoms with Gasteiger partial charge in [0, 0.05) is 12.6 Å². The molecular weight excluding hydrogens is 319 g/mol. The zero-order chi connectivity index (χ0) is 16.9. The second-order valence-electron chi connectivity index (χ2n) is 5.99. The number of nitrogens with zero attached hydrogens (tertiary/aromatic N) is 1. The Morgan fingerprint density at radius 3 is 2.57 bits per heavy atom. The molecule has 1 amide bonds. The minimum Gasteiger partial charge on any atom is -0.352 e. The van der Waals surface area contributed by atoms with E-state index in [0.29, 0.717) is 5.56 Å². The second-order valence-corrected chi connectivity index (χ2v) is 7.97. The molecule has 0 saturated heterocycles. The number of amides is 1. The van der Waals surface area contributed by atoms with Crippen molar-refractivity contribution in [3.8, 4) is 0 Å². The number of carbonyl (C=O) groups excluding carboxylic acids is 1. The molecular formula is C16H23FN2O3S. The minimum absolute atomic E-state index is 0.0812. The van der Waals surface area contributed by atoms with E-state index in [9.17, 15) is 17.6 Å². The zero-order valence-corrected chi connectivity index (χ0v) is 14.1. The van der Waals surface area contributed by atoms with Crippen LogP contribution in [-0.2, 0) is 21.2 Å². The molecule has 0 aliphatic heterocycles. The lowest BCUT2D eigenvalue weighted by molar-refractivity contribution is -0.122. The van der Waals surface area contributed by atoms with Gasteiger partial charge < -0.3 is 5.32 Å². The quantitative estimate of drug-likeness (QED) is 0.820. The van der Waals surface area contributed by atoms with Gasteiger partial charge in [0.15, 0.2) is 0 Å². The Labute approximate surface area is 136 Å². The number of rotatable bonds is 7. The molecule has 2 rings (SSSR count). The summed E-state index contributed by atoms with van der Waals surface area (Å²) < 4.78 is 38.4. The molecule has 1 aromatic carbocycles. The van der Waals surface area contributed by atoms with E-state index in [1.165, 1.54) is 6.07 Å². The van der Waals surface area contributed by atoms with Crippen LogP contribution in [0.1, 0.15) is 31.2 Å². The molecule has 0 aromatic heterocycles. The van der Waals surface area contributed by atoms with E-state index in [0.717, 1.165) is 36.2 Å². The standard InChI is InChI=1S/C16H23FN2O3S/c1-23(21,22)19(11-10-13-6-2-5-9-15(13)17)12-16(20)18-14-7-3-4-8-14/h2,5-6,9,14H,3-4,7-8,10-12H2,1H3,(H,18,20). The third kappa shape index (κ3) is 5.58. The first-order valence-corrected chi connectivity index (χ1v) is 9.69. The fourth-order valence-corrected chi connectivity index (χ4v) is 3.59. The Hall–Kier alpha value is -1.47. The van der Waals surface area contributed by atoms with Crippen molar-refractivity contribution in [2.45, 2.75) is 38.1 Å². The monoisotopic (exact) mass is 342 g/mol. The van der Waals surface area contributed by atoms with E-state index >= 15 is 0 Å². The molecule has 1 aliphatic rings. The smallest absolute Gasteiger partial charge is 0.235 e. The molecule has 23 heavy (non-hydrogen) atoms. The van der Waals surface area contributed by atoms with E-state index in [1.54, 1.807) is 18.2 Å². The van der Waals surface area contributed by atoms with Gasteiger partial charge in [0.25, 0.3) is 0 Å². The summed E-state index contributed by atoms with van der Waals surface area (Å²) >= 11 is 0. The van der Waals surface area contributed by atoms with Gasteiger partial charge in [0.05, 0.1) is 12.8 Å². The molecule has 0 radical (unpaired) electrons. The molecule has 1 N–H and O–H groups in total. The SMILES string of the molecule is CS(=O)(=O)N(CCc1ccccc1F)CC(=O)NC1CCCC1. The Kier molecular flexibility index (Phi) is 6.12. The van der Waals surface area contributed by atoms with Gasteiger partial charge in [-0.25, -0.2) is 12.8 Å². The minimum atomic E-state index is -3.53. The summed E-state index contributed by atoms with van der Waals surface area (Å²) in [5, 5.41) is 2.87. The number of nitrogens with one attached hydrogen (secondary N) is 1. The van der Waals surface area contributed by atoms with Crippen molar-refractivity contribution in [1.82, 2.24) is 9.62 Å². The Morgan fingerprint density at radius 1 is 1.30 bits per heavy atom. The largest absolute Gasteiger partial charge is 0.352 e. The maximum absolute atomic E-state index is 13.6. The van der Waals surface area contributed by atoms with Gasteiger partial charge in [-0.15, -0.1) is 0 Å². The number of hydrogen-bond acceptors (Lipinski definition) is 3. The maximum Gasteiger partial charge on any atom is 0.235 e. The van der Waals surface area contributed by atoms with Crippen molar-refractivity contribution in [3.63, 3.8) is 0 Å². The summed E-state index contributed by atoms with van der Waals surface area (Å²) in [5.74, 6) is -0.660. The van der Waals surface area contributed by atoms with Crippen LogP contribution in [0.3, 0.4) is 0 Å². The predicted octanol–water partition coefficient (Wildman–Crippen LogP) is 1.69. The maximum atomic E-state index is 13.6. The van der Waals surface area contributed by atoms with Gasteiger partial charge in [-0.2, -0.15) is 4.31 Å². The average molecular weight is 342 g/mol. The molecule has 5 nitrogen and oxygen atoms in total. The van der Waals surface area contributed by atoms with E-state index in [2.05, 4.69) is 5.32 Å². The topological polar surface area (TPSA) is 66.5 Å². The van der Waals surface area contributed by atoms with Crippen LogP contribution in [0.15, 0.2) is 24.3 Å². The van der Waals surface area contributed by atoms with Crippen LogP contribution in [0.4, 0.5) is 4.39 Å². The van der Waals surface area contributed by atoms with E-state index < -0.39 is 10.0 Å². The van der Waals surface area contributed by atoms with Crippen molar-refractivity contribution >= 4 is 15.9 Å². The number of sulfonamides is 1. The molecule has 0 bridgehead atoms. The molecule has 7 heteroatoms. The summed E-state index contributed by atoms with van der Waals surface area (Å²) in [6.07, 6.45) is 5.37. The lowest BCUT2D eigenvalue weighted by Gasteiger charge is -2.21. The molecule has 1 aromatic rings. The van der Waals surface area contributed by atoms with E-state index in [-0.39, 0.29) is 37.3 Å². The molecule has 128 valence electrons. The molecule has 0 unspecified atom stereocenters. The van der Waals surface area contributed by atoms with Crippen molar-refractivity contribution in [3.05, 3.63) is 35.6 Å². The summed E-state index contributed by atoms with van der Waals surface area (Å²) in [5.41, 5.74) is 0.442. The lowest BCUT2D eigenvalue weighted by atomic mass is 10.1. The average Bonchev–Trinajstić information content (AvgIpc) is 2.96. The van der Waals surface area contributed by atoms with Crippen molar-refractivity contribution in [1.29, 1.82) is 0 Å². The molecule has 0 atom stereocenters. The first kappa shape index (κ1) is 17.9. The first-order chi connectivity index (χ1) is 10.9. The predicted molar refractivity (Wildman–Crippen MR) is 86.9 cm³/mol. The summed E-state index contributed by atoms with van der Waals surface area (Å²) in [4.78, 5) is 12.0. The highest BCUT2D eigenvalue weighted by molar-refractivity contribution is 7.88. The summed E-state index contributed by atoms with van der Waals surface area (Å²) in [7, 11) is -3.53. The third-order valence-electron chi connectivity index (χ3n) is 4.10. The van der Waals surface area contributed by atoms with Gasteiger partial charge >= 0.3 is 0 Å². The zero-order valence-electron chi connectivity index (χ0n) is 13.3. The normalized spacial score (nSPS) is 16.0. The Morgan fingerprint density at radius 2 is 1.96 bits per heavy atom. The highest BCUT2D eigenvalue weighted by Gasteiger charge is 2.23. The van der Waals surface area contributed by atoms with Crippen molar-refractivity contribution < 1.29 is 17.6 Å². The molecule has 0 heterocycles. The molecule has 1 aliphatic carbocycles. The van der Waals surface area contributed by atoms with Gasteiger partial charge in [-0.3, -0.25) is 4.79 Å². The van der Waals surface area contributed by atoms with Gasteiger partial charge in [-0.1, -0.05) is 31.0 Å². The van der Waals surface area contributed by atoms with Crippen molar-refractivity contribution in [2.24, 2.45) is 0 Å². The van der Waals surface area contributed by atoms with Gasteiger partial charge in [0.2, 0.25) is 15.9 Å². The fourth-order valence-electron chi connectivity index (χ4n) is 2.81. The van der Waals surface area contributed by atoms with Crippen molar-refractivity contribution in [2.75, 3.05) is 19.3 Å². The van der Waals surface area contributed by atoms with Gasteiger partial charge in [0.1, 0.15) is 5.82 Å². The lowest BCUT2D eigenvalue weighted by Crippen LogP contribution is -2.43. The summed E-state index contributed by atoms with van der Waals surface area (Å²) in [6.45, 7) is -0.137. The van der Waals surface area contributed by atoms with Crippen LogP contribution in [-0.4, -0.2) is 44.0 Å². The Balaban J connectivity index is 1.94. The van der Waals surface area contributed by atoms with E-state index in [4.69, 9.17) is 0 Å². The van der Waals surface area contributed by atoms with Crippen LogP contribution in [0.5, 0.6) is 0 Å². The first-order valence-electron chi connectivity index (χ1n) is 7.84. The van der Waals surface area contributed by atoms with Crippen LogP contribution in [0.25, 0.3) is 0 Å². The van der Waals surface area contributed by atoms with E-state index in [1.807, 2.05) is 0 Å². The van der Waals surface area contributed by atoms with Crippen LogP contribution in [0, 0.1) is 5.82 Å². The number of benzene rings is 1. The Bertz CT molecular complexity index is 642. The fraction of sp³-hybridized carbons (Fsp3) is 0.562. The van der Waals surface area contributed by atoms with Crippen LogP contribution in [0.2, 0.25) is 0 Å². The highest BCUT2D eigenvalue weighted by Crippen LogP contribution is 2.17. The highest BCUT2D eigenvalue weighted by atomic mass is 32.2. The number of hydrogen-bond donors (Lipinski definition) is 1. The second kappa shape index (κ2) is 7.88. The third-order valence-corrected chi connectivity index (χ3v) is 5.35. The number of carbonyl (C=O) groups is 1. The summed E-state index contributed by atoms with van der Waals surface area (Å²) in [6, 6.07) is 6.40. The molecule has 1 saturated carbocycles. The van der Waals surface area contributed by atoms with Crippen LogP contribution < -0.4 is 5.32 Å². The number of halogens is 1. The molecule has 0 spiro atoms.